The topological polar surface area (TPSA) is 38.7 Å². The van der Waals surface area contributed by atoms with E-state index in [1.807, 2.05) is 6.92 Å². The van der Waals surface area contributed by atoms with Crippen molar-refractivity contribution in [3.8, 4) is 0 Å². The standard InChI is InChI=1S/C3H6.C2H7O3P/c1-3-2;1-4-6(3)5-2/h3H,1H2,2H3;3H,1-2H3. The SMILES string of the molecule is C=CC.COP(O)OC. The fourth-order valence-electron chi connectivity index (χ4n) is 0.0745. The molecule has 0 aliphatic heterocycles. The highest BCUT2D eigenvalue weighted by Crippen LogP contribution is 2.28. The third-order valence-corrected chi connectivity index (χ3v) is 0.937. The van der Waals surface area contributed by atoms with Gasteiger partial charge in [-0.15, -0.1) is 6.58 Å². The lowest BCUT2D eigenvalue weighted by atomic mass is 10.8. The van der Waals surface area contributed by atoms with Crippen LogP contribution in [0.1, 0.15) is 6.92 Å². The summed E-state index contributed by atoms with van der Waals surface area (Å²) in [5.74, 6) is 0. The first-order valence-electron chi connectivity index (χ1n) is 2.37. The van der Waals surface area contributed by atoms with Crippen LogP contribution in [0.4, 0.5) is 0 Å². The van der Waals surface area contributed by atoms with Crippen LogP contribution in [0.2, 0.25) is 0 Å². The lowest BCUT2D eigenvalue weighted by molar-refractivity contribution is 0.271. The van der Waals surface area contributed by atoms with Crippen LogP contribution >= 0.6 is 8.60 Å². The number of allylic oxidation sites excluding steroid dienone is 1. The largest absolute Gasteiger partial charge is 0.329 e. The van der Waals surface area contributed by atoms with Crippen molar-refractivity contribution in [1.29, 1.82) is 0 Å². The maximum absolute atomic E-state index is 8.29. The molecule has 0 aromatic rings. The van der Waals surface area contributed by atoms with Crippen LogP contribution in [-0.2, 0) is 9.05 Å². The van der Waals surface area contributed by atoms with Gasteiger partial charge in [0.2, 0.25) is 0 Å². The molecule has 0 amide bonds. The first kappa shape index (κ1) is 11.8. The second-order valence-electron chi connectivity index (χ2n) is 1.01. The van der Waals surface area contributed by atoms with E-state index in [1.54, 1.807) is 6.08 Å². The average Bonchev–Trinajstić information content (AvgIpc) is 1.88. The Bertz CT molecular complexity index is 54.2. The highest BCUT2D eigenvalue weighted by molar-refractivity contribution is 7.40. The summed E-state index contributed by atoms with van der Waals surface area (Å²) in [6, 6.07) is 0. The second kappa shape index (κ2) is 10.9. The van der Waals surface area contributed by atoms with Gasteiger partial charge >= 0.3 is 8.60 Å². The van der Waals surface area contributed by atoms with Crippen LogP contribution in [-0.4, -0.2) is 19.1 Å². The molecule has 0 radical (unpaired) electrons. The van der Waals surface area contributed by atoms with Crippen LogP contribution < -0.4 is 0 Å². The molecule has 0 bridgehead atoms. The van der Waals surface area contributed by atoms with Gasteiger partial charge in [0.25, 0.3) is 0 Å². The number of hydrogen-bond donors (Lipinski definition) is 1. The third kappa shape index (κ3) is 18.0. The molecule has 0 aliphatic carbocycles. The fraction of sp³-hybridized carbons (Fsp3) is 0.600. The first-order chi connectivity index (χ1) is 4.22. The van der Waals surface area contributed by atoms with Gasteiger partial charge in [-0.2, -0.15) is 0 Å². The summed E-state index contributed by atoms with van der Waals surface area (Å²) in [5, 5.41) is 0. The normalized spacial score (nSPS) is 8.11. The zero-order valence-corrected chi connectivity index (χ0v) is 6.89. The van der Waals surface area contributed by atoms with Crippen molar-refractivity contribution in [1.82, 2.24) is 0 Å². The van der Waals surface area contributed by atoms with Crippen LogP contribution in [0, 0.1) is 0 Å². The minimum absolute atomic E-state index is 1.38. The van der Waals surface area contributed by atoms with Gasteiger partial charge in [-0.1, -0.05) is 6.08 Å². The Morgan fingerprint density at radius 1 is 1.44 bits per heavy atom. The van der Waals surface area contributed by atoms with Gasteiger partial charge in [-0.3, -0.25) is 0 Å². The maximum Gasteiger partial charge on any atom is 0.329 e. The van der Waals surface area contributed by atoms with Gasteiger partial charge in [-0.25, -0.2) is 0 Å². The summed E-state index contributed by atoms with van der Waals surface area (Å²) in [6.07, 6.45) is 1.75. The second-order valence-corrected chi connectivity index (χ2v) is 2.22. The highest BCUT2D eigenvalue weighted by Gasteiger charge is 1.94. The predicted molar refractivity (Wildman–Crippen MR) is 39.0 cm³/mol. The molecule has 0 heterocycles. The molecule has 0 unspecified atom stereocenters. The van der Waals surface area contributed by atoms with Crippen LogP contribution in [0.15, 0.2) is 12.7 Å². The molecule has 0 atom stereocenters. The van der Waals surface area contributed by atoms with E-state index in [0.717, 1.165) is 0 Å². The van der Waals surface area contributed by atoms with E-state index in [9.17, 15) is 0 Å². The van der Waals surface area contributed by atoms with Gasteiger partial charge in [0, 0.05) is 14.2 Å². The van der Waals surface area contributed by atoms with Crippen molar-refractivity contribution in [2.75, 3.05) is 14.2 Å². The van der Waals surface area contributed by atoms with E-state index in [4.69, 9.17) is 4.89 Å². The van der Waals surface area contributed by atoms with E-state index in [0.29, 0.717) is 0 Å². The minimum atomic E-state index is -1.58. The molecule has 0 saturated carbocycles. The third-order valence-electron chi connectivity index (χ3n) is 0.312. The Balaban J connectivity index is 0. The van der Waals surface area contributed by atoms with Crippen molar-refractivity contribution < 1.29 is 13.9 Å². The van der Waals surface area contributed by atoms with E-state index in [1.165, 1.54) is 14.2 Å². The van der Waals surface area contributed by atoms with Gasteiger partial charge < -0.3 is 13.9 Å². The van der Waals surface area contributed by atoms with Gasteiger partial charge in [0.1, 0.15) is 0 Å². The molecule has 0 rings (SSSR count). The summed E-state index contributed by atoms with van der Waals surface area (Å²) in [4.78, 5) is 8.29. The van der Waals surface area contributed by atoms with Gasteiger partial charge in [0.05, 0.1) is 0 Å². The van der Waals surface area contributed by atoms with E-state index in [-0.39, 0.29) is 0 Å². The van der Waals surface area contributed by atoms with Crippen molar-refractivity contribution >= 4 is 8.60 Å². The van der Waals surface area contributed by atoms with Crippen LogP contribution in [0.5, 0.6) is 0 Å². The molecule has 0 saturated heterocycles. The summed E-state index contributed by atoms with van der Waals surface area (Å²) in [5.41, 5.74) is 0. The summed E-state index contributed by atoms with van der Waals surface area (Å²) in [6.45, 7) is 5.25. The molecule has 0 aromatic heterocycles. The highest BCUT2D eigenvalue weighted by atomic mass is 31.2. The Hall–Kier alpha value is 0.0500. The summed E-state index contributed by atoms with van der Waals surface area (Å²) < 4.78 is 8.59. The monoisotopic (exact) mass is 152 g/mol. The molecule has 4 heteroatoms. The molecule has 56 valence electrons. The molecule has 1 N–H and O–H groups in total. The molecule has 0 aliphatic rings. The van der Waals surface area contributed by atoms with Crippen LogP contribution in [0.25, 0.3) is 0 Å². The van der Waals surface area contributed by atoms with E-state index < -0.39 is 8.60 Å². The predicted octanol–water partition coefficient (Wildman–Crippen LogP) is 1.69. The fourth-order valence-corrected chi connectivity index (χ4v) is 0.224. The molecule has 3 nitrogen and oxygen atoms in total. The smallest absolute Gasteiger partial charge is 0.328 e. The molecule has 0 spiro atoms. The zero-order chi connectivity index (χ0) is 7.70. The first-order valence-corrected chi connectivity index (χ1v) is 3.50. The molecule has 0 fully saturated rings. The number of rotatable bonds is 2. The lowest BCUT2D eigenvalue weighted by Gasteiger charge is -1.98. The molecular weight excluding hydrogens is 139 g/mol. The van der Waals surface area contributed by atoms with Crippen molar-refractivity contribution in [2.45, 2.75) is 6.92 Å². The Morgan fingerprint density at radius 3 is 1.67 bits per heavy atom. The summed E-state index contributed by atoms with van der Waals surface area (Å²) in [7, 11) is 1.19. The Labute approximate surface area is 57.3 Å². The van der Waals surface area contributed by atoms with Gasteiger partial charge in [0.15, 0.2) is 0 Å². The van der Waals surface area contributed by atoms with E-state index in [2.05, 4.69) is 15.6 Å². The minimum Gasteiger partial charge on any atom is -0.328 e. The Kier molecular flexibility index (Phi) is 14.3. The van der Waals surface area contributed by atoms with Crippen molar-refractivity contribution in [2.24, 2.45) is 0 Å². The molecular formula is C5H13O3P. The molecule has 9 heavy (non-hydrogen) atoms. The number of hydrogen-bond acceptors (Lipinski definition) is 3. The van der Waals surface area contributed by atoms with Crippen molar-refractivity contribution in [3.63, 3.8) is 0 Å². The quantitative estimate of drug-likeness (QED) is 0.483. The average molecular weight is 152 g/mol. The van der Waals surface area contributed by atoms with Gasteiger partial charge in [-0.05, 0) is 6.92 Å². The van der Waals surface area contributed by atoms with E-state index >= 15 is 0 Å². The molecule has 0 aromatic carbocycles. The van der Waals surface area contributed by atoms with Crippen molar-refractivity contribution in [3.05, 3.63) is 12.7 Å². The lowest BCUT2D eigenvalue weighted by Crippen LogP contribution is -1.75. The summed E-state index contributed by atoms with van der Waals surface area (Å²) >= 11 is 0. The van der Waals surface area contributed by atoms with Crippen LogP contribution in [0.3, 0.4) is 0 Å². The maximum atomic E-state index is 8.29. The zero-order valence-electron chi connectivity index (χ0n) is 6.00. The Morgan fingerprint density at radius 2 is 1.67 bits per heavy atom.